The topological polar surface area (TPSA) is 46.2 Å². The van der Waals surface area contributed by atoms with Crippen LogP contribution in [0, 0.1) is 0 Å². The summed E-state index contributed by atoms with van der Waals surface area (Å²) in [4.78, 5) is 0. The summed E-state index contributed by atoms with van der Waals surface area (Å²) in [5, 5.41) is 9.10. The Labute approximate surface area is 86.7 Å². The summed E-state index contributed by atoms with van der Waals surface area (Å²) in [7, 11) is 0. The molecule has 1 saturated carbocycles. The monoisotopic (exact) mass is 213 g/mol. The zero-order valence-electron chi connectivity index (χ0n) is 8.21. The van der Waals surface area contributed by atoms with Crippen molar-refractivity contribution < 1.29 is 13.9 Å². The van der Waals surface area contributed by atoms with E-state index < -0.39 is 11.5 Å². The van der Waals surface area contributed by atoms with Gasteiger partial charge in [0.25, 0.3) is 0 Å². The zero-order chi connectivity index (χ0) is 11.1. The van der Waals surface area contributed by atoms with E-state index in [1.54, 1.807) is 12.1 Å². The number of benzene rings is 1. The average molecular weight is 213 g/mol. The lowest BCUT2D eigenvalue weighted by atomic mass is 9.89. The standard InChI is InChI=1S/C11H13F2NO/c12-11(13)6-5-10(14,7-11)8-1-3-9(15)4-2-8/h1-4,15H,5-7,14H2. The second-order valence-corrected chi connectivity index (χ2v) is 4.24. The molecule has 0 aliphatic heterocycles. The number of alkyl halides is 2. The van der Waals surface area contributed by atoms with Crippen LogP contribution in [0.15, 0.2) is 24.3 Å². The Morgan fingerprint density at radius 2 is 1.73 bits per heavy atom. The fraction of sp³-hybridized carbons (Fsp3) is 0.455. The second kappa shape index (κ2) is 3.17. The summed E-state index contributed by atoms with van der Waals surface area (Å²) in [6.07, 6.45) is -0.195. The normalized spacial score (nSPS) is 29.3. The first-order valence-electron chi connectivity index (χ1n) is 4.88. The highest BCUT2D eigenvalue weighted by molar-refractivity contribution is 5.32. The summed E-state index contributed by atoms with van der Waals surface area (Å²) < 4.78 is 26.2. The van der Waals surface area contributed by atoms with E-state index in [1.807, 2.05) is 0 Å². The van der Waals surface area contributed by atoms with Gasteiger partial charge in [-0.25, -0.2) is 8.78 Å². The third kappa shape index (κ3) is 1.95. The van der Waals surface area contributed by atoms with Crippen molar-refractivity contribution in [1.82, 2.24) is 0 Å². The Kier molecular flexibility index (Phi) is 2.19. The lowest BCUT2D eigenvalue weighted by Gasteiger charge is -2.24. The SMILES string of the molecule is NC1(c2ccc(O)cc2)CCC(F)(F)C1. The first-order chi connectivity index (χ1) is 6.91. The van der Waals surface area contributed by atoms with Gasteiger partial charge in [0.2, 0.25) is 5.92 Å². The molecule has 1 aromatic rings. The Morgan fingerprint density at radius 3 is 2.20 bits per heavy atom. The minimum absolute atomic E-state index is 0.118. The van der Waals surface area contributed by atoms with E-state index in [0.717, 1.165) is 0 Å². The van der Waals surface area contributed by atoms with Gasteiger partial charge < -0.3 is 10.8 Å². The molecule has 0 radical (unpaired) electrons. The Hall–Kier alpha value is -1.16. The Bertz CT molecular complexity index is 363. The van der Waals surface area contributed by atoms with Gasteiger partial charge in [0.05, 0.1) is 0 Å². The lowest BCUT2D eigenvalue weighted by Crippen LogP contribution is -2.35. The van der Waals surface area contributed by atoms with Gasteiger partial charge in [-0.3, -0.25) is 0 Å². The summed E-state index contributed by atoms with van der Waals surface area (Å²) in [5.74, 6) is -2.54. The average Bonchev–Trinajstić information content (AvgIpc) is 2.43. The molecule has 3 N–H and O–H groups in total. The summed E-state index contributed by atoms with van der Waals surface area (Å²) >= 11 is 0. The predicted molar refractivity (Wildman–Crippen MR) is 52.8 cm³/mol. The molecule has 1 aliphatic rings. The van der Waals surface area contributed by atoms with Gasteiger partial charge in [-0.2, -0.15) is 0 Å². The van der Waals surface area contributed by atoms with Crippen molar-refractivity contribution in [2.24, 2.45) is 5.73 Å². The maximum Gasteiger partial charge on any atom is 0.250 e. The van der Waals surface area contributed by atoms with E-state index in [1.165, 1.54) is 12.1 Å². The summed E-state index contributed by atoms with van der Waals surface area (Å²) in [6, 6.07) is 6.16. The van der Waals surface area contributed by atoms with Crippen LogP contribution < -0.4 is 5.73 Å². The fourth-order valence-corrected chi connectivity index (χ4v) is 2.08. The first kappa shape index (κ1) is 10.4. The van der Waals surface area contributed by atoms with Crippen LogP contribution in [-0.2, 0) is 5.54 Å². The molecule has 0 bridgehead atoms. The van der Waals surface area contributed by atoms with Crippen molar-refractivity contribution in [2.45, 2.75) is 30.7 Å². The van der Waals surface area contributed by atoms with Crippen LogP contribution in [0.1, 0.15) is 24.8 Å². The molecule has 0 heterocycles. The molecule has 0 spiro atoms. The number of halogens is 2. The van der Waals surface area contributed by atoms with Crippen LogP contribution in [0.3, 0.4) is 0 Å². The molecule has 2 rings (SSSR count). The van der Waals surface area contributed by atoms with E-state index in [2.05, 4.69) is 0 Å². The van der Waals surface area contributed by atoms with Gasteiger partial charge in [0.15, 0.2) is 0 Å². The quantitative estimate of drug-likeness (QED) is 0.752. The number of hydrogen-bond acceptors (Lipinski definition) is 2. The van der Waals surface area contributed by atoms with Crippen molar-refractivity contribution in [1.29, 1.82) is 0 Å². The van der Waals surface area contributed by atoms with Crippen LogP contribution in [0.4, 0.5) is 8.78 Å². The van der Waals surface area contributed by atoms with Crippen LogP contribution in [0.2, 0.25) is 0 Å². The molecule has 1 aliphatic carbocycles. The Balaban J connectivity index is 2.27. The van der Waals surface area contributed by atoms with E-state index in [4.69, 9.17) is 10.8 Å². The molecule has 4 heteroatoms. The highest BCUT2D eigenvalue weighted by atomic mass is 19.3. The van der Waals surface area contributed by atoms with Gasteiger partial charge >= 0.3 is 0 Å². The van der Waals surface area contributed by atoms with E-state index in [9.17, 15) is 8.78 Å². The molecule has 15 heavy (non-hydrogen) atoms. The number of aromatic hydroxyl groups is 1. The van der Waals surface area contributed by atoms with Gasteiger partial charge in [-0.05, 0) is 24.1 Å². The van der Waals surface area contributed by atoms with Crippen LogP contribution in [-0.4, -0.2) is 11.0 Å². The van der Waals surface area contributed by atoms with Gasteiger partial charge in [-0.1, -0.05) is 12.1 Å². The van der Waals surface area contributed by atoms with Crippen molar-refractivity contribution in [2.75, 3.05) is 0 Å². The molecule has 1 fully saturated rings. The third-order valence-electron chi connectivity index (χ3n) is 2.95. The molecule has 1 unspecified atom stereocenters. The van der Waals surface area contributed by atoms with Gasteiger partial charge in [0.1, 0.15) is 5.75 Å². The molecular weight excluding hydrogens is 200 g/mol. The summed E-state index contributed by atoms with van der Waals surface area (Å²) in [6.45, 7) is 0. The van der Waals surface area contributed by atoms with Crippen molar-refractivity contribution in [3.8, 4) is 5.75 Å². The maximum atomic E-state index is 13.1. The number of hydrogen-bond donors (Lipinski definition) is 2. The number of rotatable bonds is 1. The number of phenolic OH excluding ortho intramolecular Hbond substituents is 1. The Morgan fingerprint density at radius 1 is 1.13 bits per heavy atom. The molecule has 82 valence electrons. The largest absolute Gasteiger partial charge is 0.508 e. The predicted octanol–water partition coefficient (Wildman–Crippen LogP) is 2.37. The molecular formula is C11H13F2NO. The number of nitrogens with two attached hydrogens (primary N) is 1. The van der Waals surface area contributed by atoms with Gasteiger partial charge in [0, 0.05) is 18.4 Å². The van der Waals surface area contributed by atoms with E-state index in [-0.39, 0.29) is 25.0 Å². The summed E-state index contributed by atoms with van der Waals surface area (Å²) in [5.41, 5.74) is 5.66. The first-order valence-corrected chi connectivity index (χ1v) is 4.88. The zero-order valence-corrected chi connectivity index (χ0v) is 8.21. The molecule has 2 nitrogen and oxygen atoms in total. The number of phenols is 1. The van der Waals surface area contributed by atoms with Crippen molar-refractivity contribution >= 4 is 0 Å². The fourth-order valence-electron chi connectivity index (χ4n) is 2.08. The van der Waals surface area contributed by atoms with Crippen LogP contribution >= 0.6 is 0 Å². The molecule has 0 saturated heterocycles. The lowest BCUT2D eigenvalue weighted by molar-refractivity contribution is 0.00291. The van der Waals surface area contributed by atoms with E-state index in [0.29, 0.717) is 5.56 Å². The minimum Gasteiger partial charge on any atom is -0.508 e. The smallest absolute Gasteiger partial charge is 0.250 e. The third-order valence-corrected chi connectivity index (χ3v) is 2.95. The molecule has 1 aromatic carbocycles. The maximum absolute atomic E-state index is 13.1. The van der Waals surface area contributed by atoms with Crippen LogP contribution in [0.5, 0.6) is 5.75 Å². The highest BCUT2D eigenvalue weighted by Gasteiger charge is 2.47. The molecule has 1 atom stereocenters. The molecule has 0 aromatic heterocycles. The van der Waals surface area contributed by atoms with Crippen molar-refractivity contribution in [3.63, 3.8) is 0 Å². The minimum atomic E-state index is -2.66. The van der Waals surface area contributed by atoms with Gasteiger partial charge in [-0.15, -0.1) is 0 Å². The molecule has 0 amide bonds. The van der Waals surface area contributed by atoms with E-state index >= 15 is 0 Å². The second-order valence-electron chi connectivity index (χ2n) is 4.24. The van der Waals surface area contributed by atoms with Crippen LogP contribution in [0.25, 0.3) is 0 Å². The van der Waals surface area contributed by atoms with Crippen molar-refractivity contribution in [3.05, 3.63) is 29.8 Å². The highest BCUT2D eigenvalue weighted by Crippen LogP contribution is 2.45.